The summed E-state index contributed by atoms with van der Waals surface area (Å²) < 4.78 is 2.42. The number of hydrogen-bond donors (Lipinski definition) is 1. The highest BCUT2D eigenvalue weighted by Gasteiger charge is 2.11. The summed E-state index contributed by atoms with van der Waals surface area (Å²) in [6.45, 7) is 2.05. The number of fused-ring (bicyclic) bond motifs is 1. The van der Waals surface area contributed by atoms with Gasteiger partial charge in [-0.3, -0.25) is 0 Å². The van der Waals surface area contributed by atoms with Gasteiger partial charge in [0.05, 0.1) is 9.86 Å². The molecule has 3 heterocycles. The topological polar surface area (TPSA) is 69.6 Å². The highest BCUT2D eigenvalue weighted by Crippen LogP contribution is 2.27. The van der Waals surface area contributed by atoms with Crippen LogP contribution in [0.5, 0.6) is 0 Å². The van der Waals surface area contributed by atoms with Crippen molar-refractivity contribution >= 4 is 43.3 Å². The number of aromatic nitrogens is 4. The molecule has 0 saturated carbocycles. The molecule has 0 radical (unpaired) electrons. The number of anilines is 1. The molecule has 0 unspecified atom stereocenters. The molecule has 86 valence electrons. The molecule has 17 heavy (non-hydrogen) atoms. The minimum atomic E-state index is 0.448. The van der Waals surface area contributed by atoms with Gasteiger partial charge in [-0.05, 0) is 28.9 Å². The fourth-order valence-corrected chi connectivity index (χ4v) is 2.74. The van der Waals surface area contributed by atoms with Crippen LogP contribution in [0.2, 0.25) is 0 Å². The summed E-state index contributed by atoms with van der Waals surface area (Å²) in [5, 5.41) is 5.19. The summed E-state index contributed by atoms with van der Waals surface area (Å²) in [5.41, 5.74) is 5.71. The van der Waals surface area contributed by atoms with Crippen LogP contribution in [0, 0.1) is 6.92 Å². The fraction of sp³-hybridized carbons (Fsp3) is 0.100. The molecule has 0 spiro atoms. The van der Waals surface area contributed by atoms with Crippen molar-refractivity contribution in [3.8, 4) is 5.82 Å². The Bertz CT molecular complexity index is 682. The van der Waals surface area contributed by atoms with E-state index in [0.717, 1.165) is 20.5 Å². The third-order valence-electron chi connectivity index (χ3n) is 2.34. The summed E-state index contributed by atoms with van der Waals surface area (Å²) in [6, 6.07) is 2.06. The van der Waals surface area contributed by atoms with Crippen LogP contribution < -0.4 is 5.73 Å². The summed E-state index contributed by atoms with van der Waals surface area (Å²) in [6.07, 6.45) is 3.34. The SMILES string of the molecule is Cc1cc2c(-n3cc(Br)c(N)n3)ncnc2s1. The summed E-state index contributed by atoms with van der Waals surface area (Å²) in [4.78, 5) is 10.7. The quantitative estimate of drug-likeness (QED) is 0.750. The van der Waals surface area contributed by atoms with Crippen LogP contribution in [0.1, 0.15) is 4.88 Å². The lowest BCUT2D eigenvalue weighted by atomic mass is 10.3. The maximum atomic E-state index is 5.71. The molecular weight excluding hydrogens is 302 g/mol. The minimum absolute atomic E-state index is 0.448. The van der Waals surface area contributed by atoms with Crippen molar-refractivity contribution in [1.29, 1.82) is 0 Å². The van der Waals surface area contributed by atoms with Crippen LogP contribution in [0.4, 0.5) is 5.82 Å². The van der Waals surface area contributed by atoms with Gasteiger partial charge in [-0.1, -0.05) is 0 Å². The Labute approximate surface area is 109 Å². The van der Waals surface area contributed by atoms with E-state index in [0.29, 0.717) is 5.82 Å². The number of thiophene rings is 1. The maximum absolute atomic E-state index is 5.71. The van der Waals surface area contributed by atoms with Crippen molar-refractivity contribution in [1.82, 2.24) is 19.7 Å². The molecule has 0 saturated heterocycles. The fourth-order valence-electron chi connectivity index (χ4n) is 1.62. The van der Waals surface area contributed by atoms with E-state index < -0.39 is 0 Å². The smallest absolute Gasteiger partial charge is 0.165 e. The van der Waals surface area contributed by atoms with E-state index in [9.17, 15) is 0 Å². The van der Waals surface area contributed by atoms with Crippen molar-refractivity contribution < 1.29 is 0 Å². The van der Waals surface area contributed by atoms with E-state index in [4.69, 9.17) is 5.73 Å². The first-order valence-corrected chi connectivity index (χ1v) is 6.48. The van der Waals surface area contributed by atoms with Gasteiger partial charge in [0.25, 0.3) is 0 Å². The van der Waals surface area contributed by atoms with E-state index in [1.54, 1.807) is 28.5 Å². The van der Waals surface area contributed by atoms with Crippen molar-refractivity contribution in [3.05, 3.63) is 27.9 Å². The van der Waals surface area contributed by atoms with E-state index in [1.807, 2.05) is 6.92 Å². The molecule has 0 aliphatic rings. The van der Waals surface area contributed by atoms with E-state index >= 15 is 0 Å². The molecule has 2 N–H and O–H groups in total. The standard InChI is InChI=1S/C10H8BrN5S/c1-5-2-6-9(13-4-14-10(6)17-5)16-3-7(11)8(12)15-16/h2-4H,1H3,(H2,12,15). The molecule has 0 aromatic carbocycles. The monoisotopic (exact) mass is 309 g/mol. The Morgan fingerprint density at radius 2 is 2.24 bits per heavy atom. The Hall–Kier alpha value is -1.47. The number of hydrogen-bond acceptors (Lipinski definition) is 5. The normalized spacial score (nSPS) is 11.2. The predicted molar refractivity (Wildman–Crippen MR) is 71.4 cm³/mol. The first kappa shape index (κ1) is 10.7. The zero-order valence-corrected chi connectivity index (χ0v) is 11.3. The minimum Gasteiger partial charge on any atom is -0.381 e. The summed E-state index contributed by atoms with van der Waals surface area (Å²) >= 11 is 4.97. The first-order chi connectivity index (χ1) is 8.15. The number of nitrogens with zero attached hydrogens (tertiary/aromatic N) is 4. The van der Waals surface area contributed by atoms with Crippen LogP contribution in [0.3, 0.4) is 0 Å². The number of nitrogens with two attached hydrogens (primary N) is 1. The van der Waals surface area contributed by atoms with Crippen molar-refractivity contribution in [3.63, 3.8) is 0 Å². The molecule has 5 nitrogen and oxygen atoms in total. The number of halogens is 1. The highest BCUT2D eigenvalue weighted by atomic mass is 79.9. The van der Waals surface area contributed by atoms with Gasteiger partial charge in [0.15, 0.2) is 11.6 Å². The predicted octanol–water partition coefficient (Wildman–Crippen LogP) is 2.53. The molecule has 0 aliphatic heterocycles. The van der Waals surface area contributed by atoms with Gasteiger partial charge in [-0.15, -0.1) is 16.4 Å². The lowest BCUT2D eigenvalue weighted by Gasteiger charge is -2.00. The van der Waals surface area contributed by atoms with Crippen LogP contribution in [-0.4, -0.2) is 19.7 Å². The third kappa shape index (κ3) is 1.71. The molecule has 3 aromatic rings. The molecule has 0 fully saturated rings. The number of rotatable bonds is 1. The van der Waals surface area contributed by atoms with Gasteiger partial charge in [-0.2, -0.15) is 0 Å². The summed E-state index contributed by atoms with van der Waals surface area (Å²) in [7, 11) is 0. The van der Waals surface area contributed by atoms with E-state index in [2.05, 4.69) is 37.1 Å². The van der Waals surface area contributed by atoms with Gasteiger partial charge in [0.1, 0.15) is 11.2 Å². The second kappa shape index (κ2) is 3.78. The van der Waals surface area contributed by atoms with Gasteiger partial charge in [0, 0.05) is 11.1 Å². The Morgan fingerprint density at radius 1 is 1.41 bits per heavy atom. The molecule has 7 heteroatoms. The maximum Gasteiger partial charge on any atom is 0.165 e. The molecule has 3 rings (SSSR count). The Kier molecular flexibility index (Phi) is 2.37. The lowest BCUT2D eigenvalue weighted by molar-refractivity contribution is 0.856. The van der Waals surface area contributed by atoms with Crippen molar-refractivity contribution in [2.24, 2.45) is 0 Å². The second-order valence-corrected chi connectivity index (χ2v) is 5.67. The molecule has 0 aliphatic carbocycles. The number of aryl methyl sites for hydroxylation is 1. The Morgan fingerprint density at radius 3 is 2.94 bits per heavy atom. The molecule has 3 aromatic heterocycles. The average Bonchev–Trinajstić information content (AvgIpc) is 2.81. The van der Waals surface area contributed by atoms with E-state index in [1.165, 1.54) is 4.88 Å². The zero-order chi connectivity index (χ0) is 12.0. The molecule has 0 amide bonds. The lowest BCUT2D eigenvalue weighted by Crippen LogP contribution is -1.99. The highest BCUT2D eigenvalue weighted by molar-refractivity contribution is 9.10. The largest absolute Gasteiger partial charge is 0.381 e. The van der Waals surface area contributed by atoms with Crippen LogP contribution in [0.15, 0.2) is 23.1 Å². The van der Waals surface area contributed by atoms with Crippen LogP contribution in [-0.2, 0) is 0 Å². The molecule has 0 atom stereocenters. The summed E-state index contributed by atoms with van der Waals surface area (Å²) in [5.74, 6) is 1.19. The molecular formula is C10H8BrN5S. The van der Waals surface area contributed by atoms with Gasteiger partial charge < -0.3 is 5.73 Å². The average molecular weight is 310 g/mol. The van der Waals surface area contributed by atoms with Crippen LogP contribution in [0.25, 0.3) is 16.0 Å². The second-order valence-electron chi connectivity index (χ2n) is 3.58. The van der Waals surface area contributed by atoms with Gasteiger partial charge >= 0.3 is 0 Å². The first-order valence-electron chi connectivity index (χ1n) is 4.87. The molecule has 0 bridgehead atoms. The Balaban J connectivity index is 2.29. The number of nitrogen functional groups attached to an aromatic ring is 1. The van der Waals surface area contributed by atoms with Gasteiger partial charge in [-0.25, -0.2) is 14.6 Å². The zero-order valence-electron chi connectivity index (χ0n) is 8.88. The van der Waals surface area contributed by atoms with Crippen LogP contribution >= 0.6 is 27.3 Å². The van der Waals surface area contributed by atoms with Crippen molar-refractivity contribution in [2.45, 2.75) is 6.92 Å². The van der Waals surface area contributed by atoms with Gasteiger partial charge in [0.2, 0.25) is 0 Å². The third-order valence-corrected chi connectivity index (χ3v) is 3.91. The van der Waals surface area contributed by atoms with E-state index in [-0.39, 0.29) is 0 Å². The van der Waals surface area contributed by atoms with Crippen molar-refractivity contribution in [2.75, 3.05) is 5.73 Å².